The van der Waals surface area contributed by atoms with Crippen molar-refractivity contribution in [1.29, 1.82) is 0 Å². The molecular formula is C17H21NO6S. The van der Waals surface area contributed by atoms with Gasteiger partial charge in [-0.05, 0) is 49.4 Å². The second-order valence-corrected chi connectivity index (χ2v) is 8.75. The number of methoxy groups -OCH3 is 1. The molecule has 0 amide bonds. The predicted octanol–water partition coefficient (Wildman–Crippen LogP) is 1.66. The second kappa shape index (κ2) is 6.10. The van der Waals surface area contributed by atoms with Crippen LogP contribution in [-0.4, -0.2) is 50.0 Å². The van der Waals surface area contributed by atoms with Crippen LogP contribution in [0.25, 0.3) is 0 Å². The van der Waals surface area contributed by atoms with E-state index < -0.39 is 27.4 Å². The fourth-order valence-corrected chi connectivity index (χ4v) is 5.70. The standard InChI is InChI=1S/C17H21NO6S/c1-11-8-13(5-6-14(11)15(19)24-2)25(22,23)18-9-12-4-3-7-17(12,10-18)16(20)21/h5-6,8,12H,3-4,7,9-10H2,1-2H3,(H,20,21)/t12-,17+/m0/s1. The first-order chi connectivity index (χ1) is 11.7. The van der Waals surface area contributed by atoms with Gasteiger partial charge in [-0.1, -0.05) is 6.42 Å². The average molecular weight is 367 g/mol. The largest absolute Gasteiger partial charge is 0.481 e. The minimum atomic E-state index is -3.81. The molecule has 25 heavy (non-hydrogen) atoms. The molecule has 2 fully saturated rings. The number of aryl methyl sites for hydroxylation is 1. The second-order valence-electron chi connectivity index (χ2n) is 6.82. The minimum absolute atomic E-state index is 0.00708. The summed E-state index contributed by atoms with van der Waals surface area (Å²) in [6, 6.07) is 4.23. The Morgan fingerprint density at radius 2 is 2.08 bits per heavy atom. The van der Waals surface area contributed by atoms with Gasteiger partial charge in [0.15, 0.2) is 0 Å². The van der Waals surface area contributed by atoms with Crippen molar-refractivity contribution in [3.8, 4) is 0 Å². The number of rotatable bonds is 4. The molecule has 7 nitrogen and oxygen atoms in total. The summed E-state index contributed by atoms with van der Waals surface area (Å²) in [5.41, 5.74) is -0.157. The third-order valence-electron chi connectivity index (χ3n) is 5.51. The van der Waals surface area contributed by atoms with Gasteiger partial charge >= 0.3 is 11.9 Å². The zero-order chi connectivity index (χ0) is 18.4. The molecule has 136 valence electrons. The number of esters is 1. The quantitative estimate of drug-likeness (QED) is 0.812. The van der Waals surface area contributed by atoms with Gasteiger partial charge in [0, 0.05) is 13.1 Å². The lowest BCUT2D eigenvalue weighted by atomic mass is 9.81. The lowest BCUT2D eigenvalue weighted by Gasteiger charge is -2.23. The van der Waals surface area contributed by atoms with Gasteiger partial charge in [-0.25, -0.2) is 13.2 Å². The zero-order valence-corrected chi connectivity index (χ0v) is 15.0. The maximum atomic E-state index is 13.0. The molecule has 0 bridgehead atoms. The lowest BCUT2D eigenvalue weighted by molar-refractivity contribution is -0.149. The molecule has 1 aliphatic heterocycles. The zero-order valence-electron chi connectivity index (χ0n) is 14.2. The van der Waals surface area contributed by atoms with Crippen LogP contribution in [0.2, 0.25) is 0 Å². The maximum absolute atomic E-state index is 13.0. The lowest BCUT2D eigenvalue weighted by Crippen LogP contribution is -2.37. The minimum Gasteiger partial charge on any atom is -0.481 e. The molecule has 1 N–H and O–H groups in total. The SMILES string of the molecule is COC(=O)c1ccc(S(=O)(=O)N2C[C@@H]3CCC[C@@]3(C(=O)O)C2)cc1C. The number of nitrogens with zero attached hydrogens (tertiary/aromatic N) is 1. The number of aliphatic carboxylic acids is 1. The van der Waals surface area contributed by atoms with E-state index in [2.05, 4.69) is 4.74 Å². The number of benzene rings is 1. The Labute approximate surface area is 146 Å². The van der Waals surface area contributed by atoms with Crippen molar-refractivity contribution in [2.24, 2.45) is 11.3 Å². The first kappa shape index (κ1) is 17.9. The normalized spacial score (nSPS) is 26.4. The molecule has 1 aromatic rings. The van der Waals surface area contributed by atoms with Crippen LogP contribution in [0.3, 0.4) is 0 Å². The highest BCUT2D eigenvalue weighted by atomic mass is 32.2. The molecule has 0 unspecified atom stereocenters. The highest BCUT2D eigenvalue weighted by Crippen LogP contribution is 2.50. The molecule has 1 heterocycles. The van der Waals surface area contributed by atoms with Gasteiger partial charge in [0.2, 0.25) is 10.0 Å². The van der Waals surface area contributed by atoms with Crippen molar-refractivity contribution in [3.63, 3.8) is 0 Å². The van der Waals surface area contributed by atoms with Crippen molar-refractivity contribution in [2.75, 3.05) is 20.2 Å². The fraction of sp³-hybridized carbons (Fsp3) is 0.529. The Kier molecular flexibility index (Phi) is 4.36. The van der Waals surface area contributed by atoms with Crippen molar-refractivity contribution < 1.29 is 27.9 Å². The summed E-state index contributed by atoms with van der Waals surface area (Å²) in [6.07, 6.45) is 2.07. The van der Waals surface area contributed by atoms with Crippen LogP contribution in [0.4, 0.5) is 0 Å². The molecular weight excluding hydrogens is 346 g/mol. The number of carbonyl (C=O) groups is 2. The number of carboxylic acids is 1. The number of ether oxygens (including phenoxy) is 1. The van der Waals surface area contributed by atoms with E-state index in [0.29, 0.717) is 17.5 Å². The van der Waals surface area contributed by atoms with Gasteiger partial charge in [0.25, 0.3) is 0 Å². The van der Waals surface area contributed by atoms with Gasteiger partial charge in [0.05, 0.1) is 23.0 Å². The molecule has 2 atom stereocenters. The molecule has 1 aliphatic carbocycles. The van der Waals surface area contributed by atoms with Gasteiger partial charge in [-0.2, -0.15) is 4.31 Å². The van der Waals surface area contributed by atoms with Crippen LogP contribution in [0, 0.1) is 18.3 Å². The number of hydrogen-bond acceptors (Lipinski definition) is 5. The summed E-state index contributed by atoms with van der Waals surface area (Å²) >= 11 is 0. The van der Waals surface area contributed by atoms with Crippen LogP contribution in [-0.2, 0) is 19.6 Å². The third kappa shape index (κ3) is 2.73. The molecule has 8 heteroatoms. The summed E-state index contributed by atoms with van der Waals surface area (Å²) in [5, 5.41) is 9.62. The van der Waals surface area contributed by atoms with Gasteiger partial charge in [0.1, 0.15) is 0 Å². The Bertz CT molecular complexity index is 834. The van der Waals surface area contributed by atoms with Crippen LogP contribution >= 0.6 is 0 Å². The van der Waals surface area contributed by atoms with Crippen LogP contribution in [0.1, 0.15) is 35.2 Å². The summed E-state index contributed by atoms with van der Waals surface area (Å²) in [4.78, 5) is 23.5. The van der Waals surface area contributed by atoms with Crippen molar-refractivity contribution >= 4 is 22.0 Å². The number of hydrogen-bond donors (Lipinski definition) is 1. The number of carbonyl (C=O) groups excluding carboxylic acids is 1. The fourth-order valence-electron chi connectivity index (χ4n) is 4.06. The van der Waals surface area contributed by atoms with Gasteiger partial charge in [-0.3, -0.25) is 4.79 Å². The van der Waals surface area contributed by atoms with Crippen molar-refractivity contribution in [2.45, 2.75) is 31.1 Å². The number of sulfonamides is 1. The van der Waals surface area contributed by atoms with E-state index in [9.17, 15) is 23.1 Å². The number of carboxylic acid groups (broad SMARTS) is 1. The van der Waals surface area contributed by atoms with Gasteiger partial charge in [-0.15, -0.1) is 0 Å². The molecule has 0 radical (unpaired) electrons. The molecule has 0 aromatic heterocycles. The smallest absolute Gasteiger partial charge is 0.338 e. The van der Waals surface area contributed by atoms with E-state index in [1.54, 1.807) is 6.92 Å². The summed E-state index contributed by atoms with van der Waals surface area (Å²) in [5.74, 6) is -1.58. The summed E-state index contributed by atoms with van der Waals surface area (Å²) in [7, 11) is -2.54. The highest BCUT2D eigenvalue weighted by molar-refractivity contribution is 7.89. The maximum Gasteiger partial charge on any atom is 0.338 e. The van der Waals surface area contributed by atoms with E-state index in [1.165, 1.54) is 29.6 Å². The van der Waals surface area contributed by atoms with Crippen molar-refractivity contribution in [3.05, 3.63) is 29.3 Å². The monoisotopic (exact) mass is 367 g/mol. The Morgan fingerprint density at radius 3 is 2.64 bits per heavy atom. The average Bonchev–Trinajstić information content (AvgIpc) is 3.12. The highest BCUT2D eigenvalue weighted by Gasteiger charge is 2.57. The van der Waals surface area contributed by atoms with E-state index in [4.69, 9.17) is 0 Å². The molecule has 2 aliphatic rings. The molecule has 3 rings (SSSR count). The first-order valence-corrected chi connectivity index (χ1v) is 9.59. The Hall–Kier alpha value is -1.93. The summed E-state index contributed by atoms with van der Waals surface area (Å²) < 4.78 is 31.8. The van der Waals surface area contributed by atoms with E-state index in [-0.39, 0.29) is 23.9 Å². The Balaban J connectivity index is 1.92. The topological polar surface area (TPSA) is 101 Å². The molecule has 1 saturated heterocycles. The third-order valence-corrected chi connectivity index (χ3v) is 7.31. The first-order valence-electron chi connectivity index (χ1n) is 8.15. The van der Waals surface area contributed by atoms with E-state index in [1.807, 2.05) is 0 Å². The Morgan fingerprint density at radius 1 is 1.36 bits per heavy atom. The molecule has 1 saturated carbocycles. The molecule has 0 spiro atoms. The van der Waals surface area contributed by atoms with Crippen LogP contribution in [0.15, 0.2) is 23.1 Å². The van der Waals surface area contributed by atoms with Crippen LogP contribution < -0.4 is 0 Å². The van der Waals surface area contributed by atoms with Crippen LogP contribution in [0.5, 0.6) is 0 Å². The van der Waals surface area contributed by atoms with Gasteiger partial charge < -0.3 is 9.84 Å². The molecule has 1 aromatic carbocycles. The van der Waals surface area contributed by atoms with E-state index in [0.717, 1.165) is 12.8 Å². The number of fused-ring (bicyclic) bond motifs is 1. The predicted molar refractivity (Wildman–Crippen MR) is 88.7 cm³/mol. The summed E-state index contributed by atoms with van der Waals surface area (Å²) in [6.45, 7) is 1.88. The van der Waals surface area contributed by atoms with Crippen molar-refractivity contribution in [1.82, 2.24) is 4.31 Å². The van der Waals surface area contributed by atoms with E-state index >= 15 is 0 Å².